The van der Waals surface area contributed by atoms with Gasteiger partial charge in [-0.25, -0.2) is 0 Å². The molecule has 0 unspecified atom stereocenters. The van der Waals surface area contributed by atoms with E-state index in [1.54, 1.807) is 0 Å². The molecule has 0 saturated carbocycles. The quantitative estimate of drug-likeness (QED) is 0.939. The fourth-order valence-corrected chi connectivity index (χ4v) is 2.99. The van der Waals surface area contributed by atoms with E-state index in [0.717, 1.165) is 18.4 Å². The lowest BCUT2D eigenvalue weighted by Gasteiger charge is -2.29. The zero-order chi connectivity index (χ0) is 14.7. The summed E-state index contributed by atoms with van der Waals surface area (Å²) in [5.41, 5.74) is 1.56. The Kier molecular flexibility index (Phi) is 4.02. The molecule has 3 heteroatoms. The third kappa shape index (κ3) is 2.83. The Labute approximate surface area is 124 Å². The van der Waals surface area contributed by atoms with Crippen LogP contribution >= 0.6 is 0 Å². The summed E-state index contributed by atoms with van der Waals surface area (Å²) in [6.07, 6.45) is 1.16. The fourth-order valence-electron chi connectivity index (χ4n) is 2.99. The van der Waals surface area contributed by atoms with Crippen LogP contribution in [0.5, 0.6) is 0 Å². The second-order valence-corrected chi connectivity index (χ2v) is 5.43. The standard InChI is InChI=1S/C18H19NO2/c20-17(14-8-3-1-4-9-14)16-12-7-13-19(16)18(21)15-10-5-2-6-11-15/h1-6,8-11,16-17,20H,7,12-13H2/t16-,17-/m1/s1. The number of nitrogens with zero attached hydrogens (tertiary/aromatic N) is 1. The number of likely N-dealkylation sites (tertiary alicyclic amines) is 1. The Morgan fingerprint density at radius 2 is 1.67 bits per heavy atom. The molecule has 0 radical (unpaired) electrons. The monoisotopic (exact) mass is 281 g/mol. The number of hydrogen-bond acceptors (Lipinski definition) is 2. The van der Waals surface area contributed by atoms with E-state index < -0.39 is 6.10 Å². The summed E-state index contributed by atoms with van der Waals surface area (Å²) in [6, 6.07) is 18.7. The molecule has 2 aromatic rings. The molecule has 2 atom stereocenters. The molecule has 0 aliphatic carbocycles. The Bertz CT molecular complexity index is 597. The summed E-state index contributed by atoms with van der Waals surface area (Å²) in [5, 5.41) is 10.6. The van der Waals surface area contributed by atoms with Gasteiger partial charge in [0.15, 0.2) is 0 Å². The molecule has 3 rings (SSSR count). The first kappa shape index (κ1) is 13.8. The first-order valence-corrected chi connectivity index (χ1v) is 7.36. The maximum absolute atomic E-state index is 12.6. The molecule has 0 aromatic heterocycles. The number of aliphatic hydroxyl groups is 1. The molecule has 0 spiro atoms. The van der Waals surface area contributed by atoms with Crippen LogP contribution < -0.4 is 0 Å². The lowest BCUT2D eigenvalue weighted by molar-refractivity contribution is 0.0486. The first-order valence-electron chi connectivity index (χ1n) is 7.36. The summed E-state index contributed by atoms with van der Waals surface area (Å²) in [6.45, 7) is 0.711. The predicted molar refractivity (Wildman–Crippen MR) is 81.9 cm³/mol. The molecule has 1 saturated heterocycles. The Balaban J connectivity index is 1.81. The lowest BCUT2D eigenvalue weighted by atomic mass is 10.00. The van der Waals surface area contributed by atoms with Crippen molar-refractivity contribution in [2.45, 2.75) is 25.0 Å². The topological polar surface area (TPSA) is 40.5 Å². The minimum absolute atomic E-state index is 0.00748. The van der Waals surface area contributed by atoms with Crippen LogP contribution in [-0.4, -0.2) is 28.5 Å². The summed E-state index contributed by atoms with van der Waals surface area (Å²) in [4.78, 5) is 14.4. The lowest BCUT2D eigenvalue weighted by Crippen LogP contribution is -2.39. The van der Waals surface area contributed by atoms with Gasteiger partial charge in [-0.3, -0.25) is 4.79 Å². The largest absolute Gasteiger partial charge is 0.386 e. The molecule has 2 aromatic carbocycles. The van der Waals surface area contributed by atoms with Crippen molar-refractivity contribution in [3.63, 3.8) is 0 Å². The van der Waals surface area contributed by atoms with Crippen LogP contribution in [0.2, 0.25) is 0 Å². The van der Waals surface area contributed by atoms with Crippen LogP contribution in [0, 0.1) is 0 Å². The zero-order valence-electron chi connectivity index (χ0n) is 11.9. The molecule has 1 aliphatic rings. The minimum atomic E-state index is -0.624. The third-order valence-corrected chi connectivity index (χ3v) is 4.09. The van der Waals surface area contributed by atoms with Crippen LogP contribution in [0.1, 0.15) is 34.9 Å². The summed E-state index contributed by atoms with van der Waals surface area (Å²) < 4.78 is 0. The average Bonchev–Trinajstić information content (AvgIpc) is 3.04. The molecule has 1 aliphatic heterocycles. The number of carbonyl (C=O) groups excluding carboxylic acids is 1. The van der Waals surface area contributed by atoms with Gasteiger partial charge in [-0.2, -0.15) is 0 Å². The van der Waals surface area contributed by atoms with E-state index in [-0.39, 0.29) is 11.9 Å². The summed E-state index contributed by atoms with van der Waals surface area (Å²) in [7, 11) is 0. The van der Waals surface area contributed by atoms with Gasteiger partial charge in [0, 0.05) is 12.1 Å². The van der Waals surface area contributed by atoms with Crippen LogP contribution in [0.15, 0.2) is 60.7 Å². The number of rotatable bonds is 3. The Morgan fingerprint density at radius 3 is 2.33 bits per heavy atom. The van der Waals surface area contributed by atoms with E-state index >= 15 is 0 Å². The SMILES string of the molecule is O=C(c1ccccc1)N1CCC[C@@H]1[C@H](O)c1ccccc1. The molecule has 3 nitrogen and oxygen atoms in total. The van der Waals surface area contributed by atoms with Crippen LogP contribution in [0.3, 0.4) is 0 Å². The third-order valence-electron chi connectivity index (χ3n) is 4.09. The smallest absolute Gasteiger partial charge is 0.254 e. The van der Waals surface area contributed by atoms with Crippen LogP contribution in [0.25, 0.3) is 0 Å². The first-order chi connectivity index (χ1) is 10.3. The van der Waals surface area contributed by atoms with Crippen molar-refractivity contribution in [2.24, 2.45) is 0 Å². The van der Waals surface area contributed by atoms with Crippen molar-refractivity contribution in [2.75, 3.05) is 6.54 Å². The molecule has 1 heterocycles. The molecule has 108 valence electrons. The van der Waals surface area contributed by atoms with Gasteiger partial charge in [-0.05, 0) is 30.5 Å². The second kappa shape index (κ2) is 6.10. The van der Waals surface area contributed by atoms with Gasteiger partial charge in [0.05, 0.1) is 12.1 Å². The minimum Gasteiger partial charge on any atom is -0.386 e. The van der Waals surface area contributed by atoms with Gasteiger partial charge in [-0.1, -0.05) is 48.5 Å². The van der Waals surface area contributed by atoms with Gasteiger partial charge in [0.2, 0.25) is 0 Å². The van der Waals surface area contributed by atoms with Crippen molar-refractivity contribution in [3.8, 4) is 0 Å². The van der Waals surface area contributed by atoms with Crippen molar-refractivity contribution in [1.82, 2.24) is 4.90 Å². The van der Waals surface area contributed by atoms with E-state index in [1.807, 2.05) is 65.6 Å². The maximum Gasteiger partial charge on any atom is 0.254 e. The fraction of sp³-hybridized carbons (Fsp3) is 0.278. The molecule has 1 fully saturated rings. The van der Waals surface area contributed by atoms with E-state index in [4.69, 9.17) is 0 Å². The summed E-state index contributed by atoms with van der Waals surface area (Å²) >= 11 is 0. The van der Waals surface area contributed by atoms with Crippen molar-refractivity contribution in [1.29, 1.82) is 0 Å². The van der Waals surface area contributed by atoms with Gasteiger partial charge < -0.3 is 10.0 Å². The van der Waals surface area contributed by atoms with Crippen molar-refractivity contribution >= 4 is 5.91 Å². The van der Waals surface area contributed by atoms with Gasteiger partial charge in [0.25, 0.3) is 5.91 Å². The number of carbonyl (C=O) groups is 1. The normalized spacial score (nSPS) is 19.5. The number of amides is 1. The molecule has 1 amide bonds. The number of aliphatic hydroxyl groups excluding tert-OH is 1. The highest BCUT2D eigenvalue weighted by Gasteiger charge is 2.34. The second-order valence-electron chi connectivity index (χ2n) is 5.43. The molecule has 0 bridgehead atoms. The number of hydrogen-bond donors (Lipinski definition) is 1. The highest BCUT2D eigenvalue weighted by Crippen LogP contribution is 2.30. The molecule has 1 N–H and O–H groups in total. The Hall–Kier alpha value is -2.13. The van der Waals surface area contributed by atoms with Crippen LogP contribution in [0.4, 0.5) is 0 Å². The highest BCUT2D eigenvalue weighted by molar-refractivity contribution is 5.94. The number of benzene rings is 2. The average molecular weight is 281 g/mol. The van der Waals surface area contributed by atoms with Crippen molar-refractivity contribution < 1.29 is 9.90 Å². The van der Waals surface area contributed by atoms with Crippen molar-refractivity contribution in [3.05, 3.63) is 71.8 Å². The van der Waals surface area contributed by atoms with E-state index in [2.05, 4.69) is 0 Å². The predicted octanol–water partition coefficient (Wildman–Crippen LogP) is 3.02. The van der Waals surface area contributed by atoms with Gasteiger partial charge in [0.1, 0.15) is 0 Å². The van der Waals surface area contributed by atoms with Gasteiger partial charge in [-0.15, -0.1) is 0 Å². The Morgan fingerprint density at radius 1 is 1.05 bits per heavy atom. The molecule has 21 heavy (non-hydrogen) atoms. The van der Waals surface area contributed by atoms with E-state index in [1.165, 1.54) is 0 Å². The van der Waals surface area contributed by atoms with Gasteiger partial charge >= 0.3 is 0 Å². The van der Waals surface area contributed by atoms with E-state index in [0.29, 0.717) is 12.1 Å². The zero-order valence-corrected chi connectivity index (χ0v) is 11.9. The highest BCUT2D eigenvalue weighted by atomic mass is 16.3. The maximum atomic E-state index is 12.6. The molecular weight excluding hydrogens is 262 g/mol. The van der Waals surface area contributed by atoms with Crippen LogP contribution in [-0.2, 0) is 0 Å². The summed E-state index contributed by atoms with van der Waals surface area (Å²) in [5.74, 6) is 0.00748. The molecular formula is C18H19NO2. The van der Waals surface area contributed by atoms with E-state index in [9.17, 15) is 9.90 Å².